The van der Waals surface area contributed by atoms with E-state index in [1.807, 2.05) is 6.20 Å². The molecule has 3 aromatic rings. The second kappa shape index (κ2) is 6.76. The molecule has 0 saturated heterocycles. The van der Waals surface area contributed by atoms with E-state index >= 15 is 0 Å². The van der Waals surface area contributed by atoms with Crippen molar-refractivity contribution < 1.29 is 0 Å². The quantitative estimate of drug-likeness (QED) is 0.591. The maximum atomic E-state index is 4.67. The molecule has 22 heavy (non-hydrogen) atoms. The summed E-state index contributed by atoms with van der Waals surface area (Å²) < 4.78 is 2.37. The fourth-order valence-electron chi connectivity index (χ4n) is 2.95. The molecule has 116 valence electrons. The minimum atomic E-state index is 0. The van der Waals surface area contributed by atoms with Crippen molar-refractivity contribution in [2.45, 2.75) is 32.2 Å². The second-order valence-electron chi connectivity index (χ2n) is 5.24. The molecule has 1 aromatic carbocycles. The maximum absolute atomic E-state index is 4.67. The van der Waals surface area contributed by atoms with E-state index in [0.717, 1.165) is 12.2 Å². The zero-order chi connectivity index (χ0) is 15.0. The highest BCUT2D eigenvalue weighted by Crippen LogP contribution is 2.32. The van der Waals surface area contributed by atoms with Gasteiger partial charge in [-0.15, -0.1) is 24.2 Å². The molecule has 0 spiro atoms. The fourth-order valence-corrected chi connectivity index (χ4v) is 3.36. The van der Waals surface area contributed by atoms with E-state index < -0.39 is 0 Å². The molecule has 0 aliphatic carbocycles. The molecule has 0 unspecified atom stereocenters. The lowest BCUT2D eigenvalue weighted by atomic mass is 10.1. The Balaban J connectivity index is 0.00000176. The van der Waals surface area contributed by atoms with Gasteiger partial charge in [0.25, 0.3) is 0 Å². The van der Waals surface area contributed by atoms with Gasteiger partial charge in [-0.3, -0.25) is 4.98 Å². The number of pyridine rings is 1. The monoisotopic (exact) mass is 332 g/mol. The van der Waals surface area contributed by atoms with Gasteiger partial charge in [0.15, 0.2) is 0 Å². The van der Waals surface area contributed by atoms with Gasteiger partial charge in [-0.25, -0.2) is 0 Å². The summed E-state index contributed by atoms with van der Waals surface area (Å²) in [5.74, 6) is 0. The second-order valence-corrected chi connectivity index (χ2v) is 6.12. The first-order valence-corrected chi connectivity index (χ1v) is 8.48. The Morgan fingerprint density at radius 1 is 1.09 bits per heavy atom. The van der Waals surface area contributed by atoms with Crippen molar-refractivity contribution >= 4 is 35.1 Å². The smallest absolute Gasteiger partial charge is 0.0944 e. The van der Waals surface area contributed by atoms with Gasteiger partial charge in [-0.05, 0) is 50.8 Å². The lowest BCUT2D eigenvalue weighted by molar-refractivity contribution is 0.765. The summed E-state index contributed by atoms with van der Waals surface area (Å²) in [6.45, 7) is 7.56. The predicted molar refractivity (Wildman–Crippen MR) is 99.3 cm³/mol. The van der Waals surface area contributed by atoms with E-state index in [1.54, 1.807) is 11.8 Å². The molecular weight excluding hydrogens is 312 g/mol. The molecule has 3 rings (SSSR count). The summed E-state index contributed by atoms with van der Waals surface area (Å²) in [6.07, 6.45) is 4.02. The molecule has 0 atom stereocenters. The number of thioether (sulfide) groups is 1. The minimum Gasteiger partial charge on any atom is -0.343 e. The van der Waals surface area contributed by atoms with Crippen LogP contribution in [0.1, 0.15) is 18.2 Å². The Morgan fingerprint density at radius 2 is 1.77 bits per heavy atom. The molecule has 0 aliphatic heterocycles. The third kappa shape index (κ3) is 2.64. The number of hydrogen-bond donors (Lipinski definition) is 0. The molecule has 0 radical (unpaired) electrons. The van der Waals surface area contributed by atoms with Gasteiger partial charge in [0.1, 0.15) is 0 Å². The summed E-state index contributed by atoms with van der Waals surface area (Å²) in [5, 5.41) is 1.31. The van der Waals surface area contributed by atoms with Gasteiger partial charge in [0.2, 0.25) is 0 Å². The molecule has 0 fully saturated rings. The number of benzene rings is 1. The van der Waals surface area contributed by atoms with Crippen molar-refractivity contribution in [1.29, 1.82) is 0 Å². The first kappa shape index (κ1) is 16.9. The van der Waals surface area contributed by atoms with Gasteiger partial charge in [-0.2, -0.15) is 0 Å². The number of fused-ring (bicyclic) bond motifs is 1. The van der Waals surface area contributed by atoms with E-state index in [2.05, 4.69) is 66.9 Å². The lowest BCUT2D eigenvalue weighted by Gasteiger charge is -2.09. The van der Waals surface area contributed by atoms with E-state index in [9.17, 15) is 0 Å². The van der Waals surface area contributed by atoms with Crippen molar-refractivity contribution in [2.24, 2.45) is 0 Å². The molecule has 4 heteroatoms. The van der Waals surface area contributed by atoms with Crippen LogP contribution in [0.15, 0.2) is 41.4 Å². The van der Waals surface area contributed by atoms with E-state index in [-0.39, 0.29) is 12.4 Å². The standard InChI is InChI=1S/C18H20N2S.ClH/c1-5-20-13(3)12(2)16-10-11-19-17(18(16)20)14-6-8-15(21-4)9-7-14;/h6-11H,5H2,1-4H3;1H. The van der Waals surface area contributed by atoms with E-state index in [0.29, 0.717) is 0 Å². The van der Waals surface area contributed by atoms with Crippen LogP contribution in [-0.4, -0.2) is 15.8 Å². The SMILES string of the molecule is CCn1c(C)c(C)c2ccnc(-c3ccc(SC)cc3)c21.Cl. The molecule has 0 aliphatic rings. The first-order valence-electron chi connectivity index (χ1n) is 7.26. The largest absolute Gasteiger partial charge is 0.343 e. The molecule has 2 nitrogen and oxygen atoms in total. The first-order chi connectivity index (χ1) is 10.2. The van der Waals surface area contributed by atoms with Crippen LogP contribution in [0.3, 0.4) is 0 Å². The van der Waals surface area contributed by atoms with Gasteiger partial charge in [0, 0.05) is 34.3 Å². The highest BCUT2D eigenvalue weighted by Gasteiger charge is 2.15. The molecule has 2 heterocycles. The maximum Gasteiger partial charge on any atom is 0.0944 e. The lowest BCUT2D eigenvalue weighted by Crippen LogP contribution is -1.98. The molecule has 0 bridgehead atoms. The third-order valence-electron chi connectivity index (χ3n) is 4.23. The predicted octanol–water partition coefficient (Wildman–Crippen LogP) is 5.48. The zero-order valence-corrected chi connectivity index (χ0v) is 15.0. The number of aromatic nitrogens is 2. The Hall–Kier alpha value is -1.45. The van der Waals surface area contributed by atoms with Crippen molar-refractivity contribution in [3.63, 3.8) is 0 Å². The van der Waals surface area contributed by atoms with Crippen LogP contribution in [0.5, 0.6) is 0 Å². The number of aryl methyl sites for hydroxylation is 2. The van der Waals surface area contributed by atoms with Crippen LogP contribution < -0.4 is 0 Å². The third-order valence-corrected chi connectivity index (χ3v) is 4.97. The zero-order valence-electron chi connectivity index (χ0n) is 13.4. The summed E-state index contributed by atoms with van der Waals surface area (Å²) in [5.41, 5.74) is 6.22. The van der Waals surface area contributed by atoms with Crippen molar-refractivity contribution in [1.82, 2.24) is 9.55 Å². The minimum absolute atomic E-state index is 0. The topological polar surface area (TPSA) is 17.8 Å². The summed E-state index contributed by atoms with van der Waals surface area (Å²) >= 11 is 1.76. The van der Waals surface area contributed by atoms with Gasteiger partial charge >= 0.3 is 0 Å². The Bertz CT molecular complexity index is 791. The van der Waals surface area contributed by atoms with Crippen LogP contribution in [0.4, 0.5) is 0 Å². The summed E-state index contributed by atoms with van der Waals surface area (Å²) in [4.78, 5) is 5.95. The van der Waals surface area contributed by atoms with Crippen molar-refractivity contribution in [3.8, 4) is 11.3 Å². The van der Waals surface area contributed by atoms with Crippen LogP contribution in [0.2, 0.25) is 0 Å². The average Bonchev–Trinajstić information content (AvgIpc) is 2.79. The van der Waals surface area contributed by atoms with Crippen molar-refractivity contribution in [3.05, 3.63) is 47.8 Å². The van der Waals surface area contributed by atoms with E-state index in [1.165, 1.54) is 32.6 Å². The molecule has 2 aromatic heterocycles. The molecule has 0 amide bonds. The van der Waals surface area contributed by atoms with Gasteiger partial charge in [-0.1, -0.05) is 12.1 Å². The number of hydrogen-bond acceptors (Lipinski definition) is 2. The molecule has 0 N–H and O–H groups in total. The Kier molecular flexibility index (Phi) is 5.20. The summed E-state index contributed by atoms with van der Waals surface area (Å²) in [7, 11) is 0. The number of halogens is 1. The highest BCUT2D eigenvalue weighted by molar-refractivity contribution is 7.98. The normalized spacial score (nSPS) is 10.7. The van der Waals surface area contributed by atoms with E-state index in [4.69, 9.17) is 0 Å². The Morgan fingerprint density at radius 3 is 2.36 bits per heavy atom. The van der Waals surface area contributed by atoms with Gasteiger partial charge in [0.05, 0.1) is 11.2 Å². The summed E-state index contributed by atoms with van der Waals surface area (Å²) in [6, 6.07) is 10.8. The van der Waals surface area contributed by atoms with Crippen LogP contribution in [-0.2, 0) is 6.54 Å². The van der Waals surface area contributed by atoms with Gasteiger partial charge < -0.3 is 4.57 Å². The number of nitrogens with zero attached hydrogens (tertiary/aromatic N) is 2. The van der Waals surface area contributed by atoms with Crippen LogP contribution >= 0.6 is 24.2 Å². The highest BCUT2D eigenvalue weighted by atomic mass is 35.5. The molecule has 0 saturated carbocycles. The van der Waals surface area contributed by atoms with Crippen molar-refractivity contribution in [2.75, 3.05) is 6.26 Å². The Labute approximate surface area is 142 Å². The number of rotatable bonds is 3. The fraction of sp³-hybridized carbons (Fsp3) is 0.278. The van der Waals surface area contributed by atoms with Crippen LogP contribution in [0.25, 0.3) is 22.2 Å². The van der Waals surface area contributed by atoms with Crippen LogP contribution in [0, 0.1) is 13.8 Å². The molecular formula is C18H21ClN2S. The average molecular weight is 333 g/mol.